The Hall–Kier alpha value is -1.96. The Balaban J connectivity index is 1.76. The van der Waals surface area contributed by atoms with Gasteiger partial charge in [0.15, 0.2) is 11.6 Å². The number of carbonyl (C=O) groups excluding carboxylic acids is 1. The molecule has 0 bridgehead atoms. The largest absolute Gasteiger partial charge is 0.442 e. The summed E-state index contributed by atoms with van der Waals surface area (Å²) in [5.41, 5.74) is 0.160. The number of piperidine rings is 1. The summed E-state index contributed by atoms with van der Waals surface area (Å²) < 4.78 is 34.3. The first-order chi connectivity index (χ1) is 12.0. The van der Waals surface area contributed by atoms with E-state index < -0.39 is 23.8 Å². The third-order valence-electron chi connectivity index (χ3n) is 4.44. The number of nitrogens with one attached hydrogen (secondary N) is 1. The smallest absolute Gasteiger partial charge is 0.414 e. The molecule has 5 nitrogen and oxygen atoms in total. The highest BCUT2D eigenvalue weighted by Gasteiger charge is 2.33. The van der Waals surface area contributed by atoms with Crippen LogP contribution in [0.4, 0.5) is 25.0 Å². The van der Waals surface area contributed by atoms with Gasteiger partial charge in [-0.1, -0.05) is 12.2 Å². The van der Waals surface area contributed by atoms with Gasteiger partial charge in [-0.25, -0.2) is 13.6 Å². The number of hydrogen-bond acceptors (Lipinski definition) is 4. The Kier molecular flexibility index (Phi) is 5.36. The zero-order valence-electron chi connectivity index (χ0n) is 14.1. The van der Waals surface area contributed by atoms with Crippen LogP contribution in [-0.4, -0.2) is 43.4 Å². The number of nitrogens with zero attached hydrogens (tertiary/aromatic N) is 2. The minimum Gasteiger partial charge on any atom is -0.442 e. The number of halogens is 2. The Bertz CT molecular complexity index is 657. The van der Waals surface area contributed by atoms with Crippen molar-refractivity contribution in [2.45, 2.75) is 32.3 Å². The van der Waals surface area contributed by atoms with Crippen LogP contribution in [0.25, 0.3) is 0 Å². The molecule has 0 aromatic heterocycles. The fraction of sp³-hybridized carbons (Fsp3) is 0.529. The normalized spacial score (nSPS) is 20.6. The van der Waals surface area contributed by atoms with Crippen LogP contribution in [-0.2, 0) is 4.74 Å². The highest BCUT2D eigenvalue weighted by Crippen LogP contribution is 2.32. The second-order valence-corrected chi connectivity index (χ2v) is 6.97. The molecule has 1 atom stereocenters. The molecule has 2 heterocycles. The third kappa shape index (κ3) is 4.00. The minimum atomic E-state index is -0.652. The van der Waals surface area contributed by atoms with Crippen LogP contribution < -0.4 is 15.1 Å². The number of benzene rings is 1. The molecule has 136 valence electrons. The molecule has 0 radical (unpaired) electrons. The van der Waals surface area contributed by atoms with Gasteiger partial charge in [-0.15, -0.1) is 0 Å². The fourth-order valence-corrected chi connectivity index (χ4v) is 3.31. The molecule has 0 saturated carbocycles. The van der Waals surface area contributed by atoms with Gasteiger partial charge in [0.25, 0.3) is 0 Å². The lowest BCUT2D eigenvalue weighted by atomic mass is 10.1. The highest BCUT2D eigenvalue weighted by molar-refractivity contribution is 7.80. The molecular weight excluding hydrogens is 348 g/mol. The van der Waals surface area contributed by atoms with E-state index in [0.29, 0.717) is 24.6 Å². The highest BCUT2D eigenvalue weighted by atomic mass is 32.1. The van der Waals surface area contributed by atoms with Crippen molar-refractivity contribution in [1.29, 1.82) is 0 Å². The number of anilines is 2. The van der Waals surface area contributed by atoms with Crippen LogP contribution in [0, 0.1) is 11.6 Å². The van der Waals surface area contributed by atoms with Crippen molar-refractivity contribution in [3.8, 4) is 0 Å². The number of hydrogen-bond donors (Lipinski definition) is 1. The zero-order valence-corrected chi connectivity index (χ0v) is 14.9. The van der Waals surface area contributed by atoms with E-state index in [1.54, 1.807) is 11.8 Å². The van der Waals surface area contributed by atoms with Crippen LogP contribution in [0.2, 0.25) is 0 Å². The molecular formula is C17H21F2N3O2S. The second-order valence-electron chi connectivity index (χ2n) is 6.36. The van der Waals surface area contributed by atoms with Gasteiger partial charge >= 0.3 is 6.09 Å². The molecule has 8 heteroatoms. The summed E-state index contributed by atoms with van der Waals surface area (Å²) in [4.78, 5) is 15.6. The molecule has 1 amide bonds. The van der Waals surface area contributed by atoms with Crippen molar-refractivity contribution in [2.24, 2.45) is 0 Å². The monoisotopic (exact) mass is 369 g/mol. The molecule has 2 fully saturated rings. The summed E-state index contributed by atoms with van der Waals surface area (Å²) in [6.07, 6.45) is 1.89. The van der Waals surface area contributed by atoms with E-state index >= 15 is 0 Å². The zero-order chi connectivity index (χ0) is 18.0. The Morgan fingerprint density at radius 3 is 2.52 bits per heavy atom. The number of amides is 1. The van der Waals surface area contributed by atoms with Crippen LogP contribution >= 0.6 is 12.2 Å². The molecule has 1 aromatic rings. The summed E-state index contributed by atoms with van der Waals surface area (Å²) in [6.45, 7) is 3.60. The summed E-state index contributed by atoms with van der Waals surface area (Å²) >= 11 is 4.92. The molecule has 25 heavy (non-hydrogen) atoms. The van der Waals surface area contributed by atoms with Crippen LogP contribution in [0.3, 0.4) is 0 Å². The van der Waals surface area contributed by atoms with E-state index in [2.05, 4.69) is 5.32 Å². The first kappa shape index (κ1) is 17.8. The quantitative estimate of drug-likeness (QED) is 0.826. The number of carbonyl (C=O) groups is 1. The lowest BCUT2D eigenvalue weighted by Crippen LogP contribution is -2.33. The minimum absolute atomic E-state index is 0.00874. The molecule has 2 aliphatic heterocycles. The molecule has 0 aliphatic carbocycles. The van der Waals surface area contributed by atoms with Gasteiger partial charge in [0.05, 0.1) is 23.8 Å². The van der Waals surface area contributed by atoms with Crippen molar-refractivity contribution in [3.63, 3.8) is 0 Å². The van der Waals surface area contributed by atoms with Gasteiger partial charge in [0, 0.05) is 25.2 Å². The van der Waals surface area contributed by atoms with E-state index in [-0.39, 0.29) is 17.9 Å². The Morgan fingerprint density at radius 2 is 1.92 bits per heavy atom. The molecule has 1 aromatic carbocycles. The second kappa shape index (κ2) is 7.51. The Labute approximate surface area is 150 Å². The van der Waals surface area contributed by atoms with Crippen molar-refractivity contribution in [2.75, 3.05) is 36.0 Å². The standard InChI is InChI=1S/C17H21F2N3O2S/c1-11(25)20-9-13-10-22(17(23)24-13)12-7-14(18)16(15(19)8-12)21-5-3-2-4-6-21/h7-8,13H,2-6,9-10H2,1H3,(H,20,25). The van der Waals surface area contributed by atoms with E-state index in [1.165, 1.54) is 17.0 Å². The average molecular weight is 369 g/mol. The van der Waals surface area contributed by atoms with Crippen molar-refractivity contribution in [1.82, 2.24) is 5.32 Å². The van der Waals surface area contributed by atoms with Gasteiger partial charge in [0.1, 0.15) is 11.8 Å². The molecule has 1 unspecified atom stereocenters. The lowest BCUT2D eigenvalue weighted by Gasteiger charge is -2.29. The van der Waals surface area contributed by atoms with Crippen molar-refractivity contribution >= 4 is 34.7 Å². The third-order valence-corrected chi connectivity index (χ3v) is 4.58. The first-order valence-electron chi connectivity index (χ1n) is 8.42. The molecule has 2 aliphatic rings. The number of cyclic esters (lactones) is 1. The van der Waals surface area contributed by atoms with Gasteiger partial charge in [0.2, 0.25) is 0 Å². The number of rotatable bonds is 4. The molecule has 3 rings (SSSR count). The summed E-state index contributed by atoms with van der Waals surface area (Å²) in [5, 5.41) is 2.93. The first-order valence-corrected chi connectivity index (χ1v) is 8.83. The molecule has 2 saturated heterocycles. The predicted molar refractivity (Wildman–Crippen MR) is 96.3 cm³/mol. The van der Waals surface area contributed by atoms with Gasteiger partial charge in [-0.3, -0.25) is 4.90 Å². The van der Waals surface area contributed by atoms with Gasteiger partial charge < -0.3 is 15.0 Å². The molecule has 0 spiro atoms. The van der Waals surface area contributed by atoms with Crippen LogP contribution in [0.1, 0.15) is 26.2 Å². The topological polar surface area (TPSA) is 44.8 Å². The SMILES string of the molecule is CC(=S)NCC1CN(c2cc(F)c(N3CCCCC3)c(F)c2)C(=O)O1. The number of thiocarbonyl (C=S) groups is 1. The predicted octanol–water partition coefficient (Wildman–Crippen LogP) is 3.22. The maximum absolute atomic E-state index is 14.5. The summed E-state index contributed by atoms with van der Waals surface area (Å²) in [6, 6.07) is 2.41. The van der Waals surface area contributed by atoms with E-state index in [0.717, 1.165) is 19.3 Å². The van der Waals surface area contributed by atoms with E-state index in [4.69, 9.17) is 17.0 Å². The van der Waals surface area contributed by atoms with E-state index in [1.807, 2.05) is 0 Å². The molecule has 1 N–H and O–H groups in total. The Morgan fingerprint density at radius 1 is 1.28 bits per heavy atom. The summed E-state index contributed by atoms with van der Waals surface area (Å²) in [5.74, 6) is -1.30. The van der Waals surface area contributed by atoms with Crippen LogP contribution in [0.15, 0.2) is 12.1 Å². The average Bonchev–Trinajstić information content (AvgIpc) is 2.94. The van der Waals surface area contributed by atoms with Crippen molar-refractivity contribution < 1.29 is 18.3 Å². The lowest BCUT2D eigenvalue weighted by molar-refractivity contribution is 0.143. The van der Waals surface area contributed by atoms with Gasteiger partial charge in [-0.2, -0.15) is 0 Å². The summed E-state index contributed by atoms with van der Waals surface area (Å²) in [7, 11) is 0. The van der Waals surface area contributed by atoms with Gasteiger partial charge in [-0.05, 0) is 26.2 Å². The number of ether oxygens (including phenoxy) is 1. The van der Waals surface area contributed by atoms with Crippen molar-refractivity contribution in [3.05, 3.63) is 23.8 Å². The maximum Gasteiger partial charge on any atom is 0.414 e. The van der Waals surface area contributed by atoms with Crippen LogP contribution in [0.5, 0.6) is 0 Å². The van der Waals surface area contributed by atoms with E-state index in [9.17, 15) is 13.6 Å². The maximum atomic E-state index is 14.5. The fourth-order valence-electron chi connectivity index (χ4n) is 3.22.